The molecular formula is C26H23N3O. The number of benzene rings is 3. The first kappa shape index (κ1) is 18.4. The van der Waals surface area contributed by atoms with E-state index in [-0.39, 0.29) is 0 Å². The van der Waals surface area contributed by atoms with Gasteiger partial charge in [-0.3, -0.25) is 0 Å². The van der Waals surface area contributed by atoms with E-state index in [4.69, 9.17) is 4.74 Å². The van der Waals surface area contributed by atoms with E-state index in [1.165, 1.54) is 16.7 Å². The summed E-state index contributed by atoms with van der Waals surface area (Å²) in [5.74, 6) is 0.867. The van der Waals surface area contributed by atoms with Crippen LogP contribution < -0.4 is 4.74 Å². The van der Waals surface area contributed by atoms with Gasteiger partial charge in [0.1, 0.15) is 17.1 Å². The van der Waals surface area contributed by atoms with Crippen molar-refractivity contribution in [2.24, 2.45) is 0 Å². The predicted molar refractivity (Wildman–Crippen MR) is 121 cm³/mol. The summed E-state index contributed by atoms with van der Waals surface area (Å²) in [6, 6.07) is 23.1. The van der Waals surface area contributed by atoms with Crippen molar-refractivity contribution >= 4 is 10.9 Å². The Balaban J connectivity index is 1.70. The van der Waals surface area contributed by atoms with E-state index in [0.29, 0.717) is 0 Å². The van der Waals surface area contributed by atoms with E-state index < -0.39 is 0 Å². The Hall–Kier alpha value is -3.66. The number of fused-ring (bicyclic) bond motifs is 3. The van der Waals surface area contributed by atoms with Crippen LogP contribution in [-0.2, 0) is 6.54 Å². The van der Waals surface area contributed by atoms with E-state index >= 15 is 0 Å². The normalized spacial score (nSPS) is 11.3. The lowest BCUT2D eigenvalue weighted by atomic mass is 9.99. The number of ether oxygens (including phenoxy) is 1. The third-order valence-electron chi connectivity index (χ3n) is 5.78. The van der Waals surface area contributed by atoms with Crippen LogP contribution in [0.15, 0.2) is 72.9 Å². The van der Waals surface area contributed by atoms with Gasteiger partial charge in [0, 0.05) is 29.3 Å². The molecule has 0 amide bonds. The molecule has 0 bridgehead atoms. The Morgan fingerprint density at radius 3 is 2.50 bits per heavy atom. The van der Waals surface area contributed by atoms with Crippen molar-refractivity contribution in [3.8, 4) is 28.3 Å². The van der Waals surface area contributed by atoms with Crippen LogP contribution in [0.3, 0.4) is 0 Å². The minimum atomic E-state index is 0.741. The second-order valence-electron chi connectivity index (χ2n) is 7.74. The number of rotatable bonds is 4. The molecule has 0 saturated carbocycles. The summed E-state index contributed by atoms with van der Waals surface area (Å²) in [4.78, 5) is 0. The van der Waals surface area contributed by atoms with Crippen molar-refractivity contribution in [3.63, 3.8) is 0 Å². The third-order valence-corrected chi connectivity index (χ3v) is 5.78. The van der Waals surface area contributed by atoms with Gasteiger partial charge in [-0.25, -0.2) is 0 Å². The minimum absolute atomic E-state index is 0.741. The van der Waals surface area contributed by atoms with E-state index in [1.807, 2.05) is 12.1 Å². The van der Waals surface area contributed by atoms with Crippen LogP contribution >= 0.6 is 0 Å². The summed E-state index contributed by atoms with van der Waals surface area (Å²) in [6.45, 7) is 5.00. The highest BCUT2D eigenvalue weighted by Gasteiger charge is 2.20. The second-order valence-corrected chi connectivity index (χ2v) is 7.74. The van der Waals surface area contributed by atoms with Gasteiger partial charge in [0.05, 0.1) is 12.6 Å². The molecule has 0 aliphatic carbocycles. The van der Waals surface area contributed by atoms with E-state index in [0.717, 1.165) is 45.7 Å². The first-order chi connectivity index (χ1) is 14.6. The van der Waals surface area contributed by atoms with E-state index in [2.05, 4.69) is 89.4 Å². The Bertz CT molecular complexity index is 1340. The maximum absolute atomic E-state index is 5.41. The molecule has 0 N–H and O–H groups in total. The molecule has 0 fully saturated rings. The van der Waals surface area contributed by atoms with Gasteiger partial charge >= 0.3 is 0 Å². The number of hydrogen-bond acceptors (Lipinski definition) is 3. The van der Waals surface area contributed by atoms with Crippen LogP contribution in [0.25, 0.3) is 33.4 Å². The molecule has 0 spiro atoms. The molecule has 2 heterocycles. The molecule has 3 aromatic carbocycles. The number of aromatic nitrogens is 3. The molecule has 5 rings (SSSR count). The molecule has 3 aromatic rings. The van der Waals surface area contributed by atoms with Crippen molar-refractivity contribution in [1.29, 1.82) is 0 Å². The highest BCUT2D eigenvalue weighted by molar-refractivity contribution is 5.98. The molecular weight excluding hydrogens is 370 g/mol. The monoisotopic (exact) mass is 393 g/mol. The Labute approximate surface area is 176 Å². The maximum Gasteiger partial charge on any atom is 0.119 e. The summed E-state index contributed by atoms with van der Waals surface area (Å²) in [5, 5.41) is 10.3. The quantitative estimate of drug-likeness (QED) is 0.383. The van der Waals surface area contributed by atoms with E-state index in [1.54, 1.807) is 7.11 Å². The van der Waals surface area contributed by atoms with Gasteiger partial charge < -0.3 is 9.30 Å². The van der Waals surface area contributed by atoms with Crippen molar-refractivity contribution in [3.05, 3.63) is 89.6 Å². The Morgan fingerprint density at radius 2 is 1.67 bits per heavy atom. The SMILES string of the molecule is COc1cccc(Cn2cc3c(-c4ccc(C)c(C)c4)nnc-3c3ccccc32)c1. The van der Waals surface area contributed by atoms with Crippen molar-refractivity contribution < 1.29 is 4.74 Å². The number of hydrogen-bond donors (Lipinski definition) is 0. The number of aryl methyl sites for hydroxylation is 2. The lowest BCUT2D eigenvalue weighted by molar-refractivity contribution is 0.414. The highest BCUT2D eigenvalue weighted by atomic mass is 16.5. The molecule has 30 heavy (non-hydrogen) atoms. The Kier molecular flexibility index (Phi) is 4.47. The number of nitrogens with zero attached hydrogens (tertiary/aromatic N) is 3. The van der Waals surface area contributed by atoms with Gasteiger partial charge in [0.2, 0.25) is 0 Å². The fourth-order valence-corrected chi connectivity index (χ4v) is 3.99. The average Bonchev–Trinajstić information content (AvgIpc) is 3.20. The molecule has 2 aliphatic heterocycles. The van der Waals surface area contributed by atoms with Crippen molar-refractivity contribution in [1.82, 2.24) is 14.8 Å². The summed E-state index contributed by atoms with van der Waals surface area (Å²) in [6.07, 6.45) is 2.18. The first-order valence-corrected chi connectivity index (χ1v) is 10.1. The summed E-state index contributed by atoms with van der Waals surface area (Å²) in [7, 11) is 1.70. The number of methoxy groups -OCH3 is 1. The van der Waals surface area contributed by atoms with Gasteiger partial charge in [0.15, 0.2) is 0 Å². The van der Waals surface area contributed by atoms with Gasteiger partial charge in [0.25, 0.3) is 0 Å². The maximum atomic E-state index is 5.41. The van der Waals surface area contributed by atoms with Gasteiger partial charge in [-0.05, 0) is 54.8 Å². The van der Waals surface area contributed by atoms with Crippen LogP contribution in [0.1, 0.15) is 16.7 Å². The molecule has 4 heteroatoms. The lowest BCUT2D eigenvalue weighted by Crippen LogP contribution is -2.04. The van der Waals surface area contributed by atoms with Crippen LogP contribution in [0.4, 0.5) is 0 Å². The van der Waals surface area contributed by atoms with Crippen molar-refractivity contribution in [2.45, 2.75) is 20.4 Å². The zero-order valence-corrected chi connectivity index (χ0v) is 17.4. The number of pyridine rings is 1. The smallest absolute Gasteiger partial charge is 0.119 e. The fraction of sp³-hybridized carbons (Fsp3) is 0.154. The van der Waals surface area contributed by atoms with Crippen molar-refractivity contribution in [2.75, 3.05) is 7.11 Å². The van der Waals surface area contributed by atoms with Gasteiger partial charge in [-0.1, -0.05) is 42.5 Å². The molecule has 148 valence electrons. The lowest BCUT2D eigenvalue weighted by Gasteiger charge is -2.15. The summed E-state index contributed by atoms with van der Waals surface area (Å²) >= 11 is 0. The molecule has 4 nitrogen and oxygen atoms in total. The molecule has 0 saturated heterocycles. The standard InChI is InChI=1S/C26H23N3O/c1-17-11-12-20(13-18(17)2)25-23-16-29(15-19-7-6-8-21(14-19)30-3)24-10-5-4-9-22(24)26(23)28-27-25/h4-14,16H,15H2,1-3H3. The minimum Gasteiger partial charge on any atom is -0.497 e. The van der Waals surface area contributed by atoms with Crippen LogP contribution in [0, 0.1) is 13.8 Å². The molecule has 0 radical (unpaired) electrons. The first-order valence-electron chi connectivity index (χ1n) is 10.1. The molecule has 0 aromatic heterocycles. The Morgan fingerprint density at radius 1 is 0.833 bits per heavy atom. The predicted octanol–water partition coefficient (Wildman–Crippen LogP) is 5.88. The molecule has 0 atom stereocenters. The fourth-order valence-electron chi connectivity index (χ4n) is 3.99. The second kappa shape index (κ2) is 7.30. The van der Waals surface area contributed by atoms with Crippen LogP contribution in [-0.4, -0.2) is 21.9 Å². The third kappa shape index (κ3) is 3.11. The zero-order valence-electron chi connectivity index (χ0n) is 17.4. The van der Waals surface area contributed by atoms with Gasteiger partial charge in [-0.2, -0.15) is 0 Å². The number of para-hydroxylation sites is 1. The van der Waals surface area contributed by atoms with Crippen LogP contribution in [0.2, 0.25) is 0 Å². The summed E-state index contributed by atoms with van der Waals surface area (Å²) in [5.41, 5.74) is 8.90. The van der Waals surface area contributed by atoms with Crippen LogP contribution in [0.5, 0.6) is 5.75 Å². The van der Waals surface area contributed by atoms with E-state index in [9.17, 15) is 0 Å². The van der Waals surface area contributed by atoms with Gasteiger partial charge in [-0.15, -0.1) is 10.2 Å². The zero-order chi connectivity index (χ0) is 20.7. The largest absolute Gasteiger partial charge is 0.497 e. The highest BCUT2D eigenvalue weighted by Crippen LogP contribution is 2.37. The topological polar surface area (TPSA) is 39.9 Å². The molecule has 2 aliphatic rings. The average molecular weight is 393 g/mol. The molecule has 0 unspecified atom stereocenters. The summed E-state index contributed by atoms with van der Waals surface area (Å²) < 4.78 is 7.68.